The van der Waals surface area contributed by atoms with Gasteiger partial charge in [-0.3, -0.25) is 9.59 Å². The number of hydrogen-bond acceptors (Lipinski definition) is 7. The minimum atomic E-state index is -0.605. The number of hydrogen-bond donors (Lipinski definition) is 2. The molecule has 0 fully saturated rings. The summed E-state index contributed by atoms with van der Waals surface area (Å²) >= 11 is 0. The zero-order valence-electron chi connectivity index (χ0n) is 19.0. The quantitative estimate of drug-likeness (QED) is 0.385. The molecule has 0 radical (unpaired) electrons. The fourth-order valence-corrected chi connectivity index (χ4v) is 3.76. The van der Waals surface area contributed by atoms with Crippen molar-refractivity contribution < 1.29 is 33.3 Å². The minimum Gasteiger partial charge on any atom is -0.489 e. The lowest BCUT2D eigenvalue weighted by Gasteiger charge is -2.10. The summed E-state index contributed by atoms with van der Waals surface area (Å²) in [5, 5.41) is 2.82. The molecule has 0 aliphatic carbocycles. The summed E-state index contributed by atoms with van der Waals surface area (Å²) in [4.78, 5) is 39.7. The van der Waals surface area contributed by atoms with E-state index in [2.05, 4.69) is 10.3 Å². The maximum Gasteiger partial charge on any atom is 0.339 e. The fourth-order valence-electron chi connectivity index (χ4n) is 3.76. The molecule has 9 nitrogen and oxygen atoms in total. The van der Waals surface area contributed by atoms with Crippen molar-refractivity contribution in [2.24, 2.45) is 0 Å². The number of amides is 1. The number of Topliss-reactive ketones (excluding diaryl/α,β-unsaturated/α-hetero) is 1. The maximum absolute atomic E-state index is 12.7. The number of benzene rings is 2. The highest BCUT2D eigenvalue weighted by molar-refractivity contribution is 6.02. The predicted molar refractivity (Wildman–Crippen MR) is 123 cm³/mol. The van der Waals surface area contributed by atoms with Crippen molar-refractivity contribution in [3.63, 3.8) is 0 Å². The van der Waals surface area contributed by atoms with Crippen molar-refractivity contribution in [3.8, 4) is 17.2 Å². The van der Waals surface area contributed by atoms with Gasteiger partial charge >= 0.3 is 5.97 Å². The number of carbonyl (C=O) groups is 3. The van der Waals surface area contributed by atoms with Gasteiger partial charge in [0.2, 0.25) is 12.7 Å². The van der Waals surface area contributed by atoms with Crippen molar-refractivity contribution in [1.82, 2.24) is 4.98 Å². The first-order valence-corrected chi connectivity index (χ1v) is 10.6. The lowest BCUT2D eigenvalue weighted by Crippen LogP contribution is -2.17. The van der Waals surface area contributed by atoms with Crippen molar-refractivity contribution in [1.29, 1.82) is 0 Å². The zero-order valence-corrected chi connectivity index (χ0v) is 19.0. The van der Waals surface area contributed by atoms with Crippen LogP contribution in [0, 0.1) is 6.92 Å². The van der Waals surface area contributed by atoms with Gasteiger partial charge in [0.1, 0.15) is 12.4 Å². The van der Waals surface area contributed by atoms with Crippen molar-refractivity contribution in [3.05, 3.63) is 70.5 Å². The normalized spacial score (nSPS) is 11.7. The Labute approximate surface area is 196 Å². The van der Waals surface area contributed by atoms with Gasteiger partial charge in [-0.1, -0.05) is 12.1 Å². The molecule has 0 spiro atoms. The van der Waals surface area contributed by atoms with Crippen molar-refractivity contribution in [2.75, 3.05) is 19.2 Å². The third kappa shape index (κ3) is 4.88. The summed E-state index contributed by atoms with van der Waals surface area (Å²) in [6.45, 7) is 3.51. The third-order valence-electron chi connectivity index (χ3n) is 5.37. The average Bonchev–Trinajstić information content (AvgIpc) is 3.41. The molecular formula is C25H24N2O7. The van der Waals surface area contributed by atoms with E-state index in [0.717, 1.165) is 5.56 Å². The number of rotatable bonds is 8. The molecule has 0 saturated carbocycles. The number of fused-ring (bicyclic) bond motifs is 1. The second-order valence-corrected chi connectivity index (χ2v) is 7.76. The van der Waals surface area contributed by atoms with Gasteiger partial charge in [0.05, 0.1) is 24.8 Å². The number of aromatic nitrogens is 1. The van der Waals surface area contributed by atoms with Gasteiger partial charge < -0.3 is 29.2 Å². The summed E-state index contributed by atoms with van der Waals surface area (Å²) < 4.78 is 21.3. The van der Waals surface area contributed by atoms with E-state index in [-0.39, 0.29) is 42.8 Å². The van der Waals surface area contributed by atoms with E-state index in [1.54, 1.807) is 43.3 Å². The second kappa shape index (κ2) is 9.70. The summed E-state index contributed by atoms with van der Waals surface area (Å²) in [5.41, 5.74) is 2.70. The Morgan fingerprint density at radius 1 is 1.09 bits per heavy atom. The molecule has 1 aliphatic rings. The van der Waals surface area contributed by atoms with Gasteiger partial charge in [-0.25, -0.2) is 4.79 Å². The molecule has 2 N–H and O–H groups in total. The van der Waals surface area contributed by atoms with E-state index in [1.165, 1.54) is 14.0 Å². The Kier molecular flexibility index (Phi) is 6.53. The number of carbonyl (C=O) groups excluding carboxylic acids is 3. The van der Waals surface area contributed by atoms with Gasteiger partial charge in [0.25, 0.3) is 0 Å². The fraction of sp³-hybridized carbons (Fsp3) is 0.240. The van der Waals surface area contributed by atoms with E-state index < -0.39 is 5.97 Å². The summed E-state index contributed by atoms with van der Waals surface area (Å²) in [7, 11) is 1.25. The molecule has 1 amide bonds. The lowest BCUT2D eigenvalue weighted by molar-refractivity contribution is -0.115. The standard InChI is InChI=1S/C25H24N2O7/c1-14-23(25(30)31-3)19(27-24(14)15(2)28)11-22(29)26-17-6-4-5-16(9-17)12-32-18-7-8-20-21(10-18)34-13-33-20/h4-10,27H,11-13H2,1-3H3,(H,26,29). The number of methoxy groups -OCH3 is 1. The van der Waals surface area contributed by atoms with Crippen LogP contribution in [0.2, 0.25) is 0 Å². The zero-order chi connectivity index (χ0) is 24.2. The summed E-state index contributed by atoms with van der Waals surface area (Å²) in [5.74, 6) is 0.765. The van der Waals surface area contributed by atoms with Crippen LogP contribution in [0.25, 0.3) is 0 Å². The number of anilines is 1. The Bertz CT molecular complexity index is 1260. The van der Waals surface area contributed by atoms with Crippen molar-refractivity contribution >= 4 is 23.3 Å². The molecule has 176 valence electrons. The van der Waals surface area contributed by atoms with Gasteiger partial charge in [0.15, 0.2) is 17.3 Å². The maximum atomic E-state index is 12.7. The van der Waals surface area contributed by atoms with Crippen LogP contribution in [0.5, 0.6) is 17.2 Å². The number of ether oxygens (including phenoxy) is 4. The number of nitrogens with one attached hydrogen (secondary N) is 2. The average molecular weight is 464 g/mol. The van der Waals surface area contributed by atoms with Crippen molar-refractivity contribution in [2.45, 2.75) is 26.9 Å². The summed E-state index contributed by atoms with van der Waals surface area (Å²) in [6, 6.07) is 12.6. The van der Waals surface area contributed by atoms with E-state index in [1.807, 2.05) is 6.07 Å². The first-order valence-electron chi connectivity index (χ1n) is 10.6. The monoisotopic (exact) mass is 464 g/mol. The second-order valence-electron chi connectivity index (χ2n) is 7.76. The Balaban J connectivity index is 1.42. The van der Waals surface area contributed by atoms with Gasteiger partial charge in [-0.05, 0) is 42.3 Å². The highest BCUT2D eigenvalue weighted by Gasteiger charge is 2.24. The smallest absolute Gasteiger partial charge is 0.339 e. The van der Waals surface area contributed by atoms with E-state index in [9.17, 15) is 14.4 Å². The molecule has 0 atom stereocenters. The van der Waals surface area contributed by atoms with Crippen LogP contribution >= 0.6 is 0 Å². The molecule has 4 rings (SSSR count). The van der Waals surface area contributed by atoms with Gasteiger partial charge in [-0.2, -0.15) is 0 Å². The molecule has 3 aromatic rings. The van der Waals surface area contributed by atoms with Crippen LogP contribution in [0.15, 0.2) is 42.5 Å². The third-order valence-corrected chi connectivity index (χ3v) is 5.37. The molecule has 34 heavy (non-hydrogen) atoms. The van der Waals surface area contributed by atoms with E-state index in [0.29, 0.717) is 34.2 Å². The number of H-pyrrole nitrogens is 1. The topological polar surface area (TPSA) is 116 Å². The molecule has 2 heterocycles. The highest BCUT2D eigenvalue weighted by atomic mass is 16.7. The molecule has 1 aromatic heterocycles. The SMILES string of the molecule is COC(=O)c1c(CC(=O)Nc2cccc(COc3ccc4c(c3)OCO4)c2)[nH]c(C(C)=O)c1C. The molecule has 0 unspecified atom stereocenters. The van der Waals surface area contributed by atoms with Crippen LogP contribution < -0.4 is 19.5 Å². The van der Waals surface area contributed by atoms with Gasteiger partial charge in [0, 0.05) is 24.4 Å². The van der Waals surface area contributed by atoms with Crippen LogP contribution in [0.4, 0.5) is 5.69 Å². The first-order chi connectivity index (χ1) is 16.4. The Hall–Kier alpha value is -4.27. The van der Waals surface area contributed by atoms with E-state index >= 15 is 0 Å². The molecule has 0 bridgehead atoms. The summed E-state index contributed by atoms with van der Waals surface area (Å²) in [6.07, 6.45) is -0.128. The molecule has 1 aliphatic heterocycles. The van der Waals surface area contributed by atoms with Crippen LogP contribution in [0.3, 0.4) is 0 Å². The predicted octanol–water partition coefficient (Wildman–Crippen LogP) is 3.80. The van der Waals surface area contributed by atoms with Crippen LogP contribution in [-0.2, 0) is 22.6 Å². The lowest BCUT2D eigenvalue weighted by atomic mass is 10.1. The number of aromatic amines is 1. The molecular weight excluding hydrogens is 440 g/mol. The number of esters is 1. The Morgan fingerprint density at radius 2 is 1.88 bits per heavy atom. The highest BCUT2D eigenvalue weighted by Crippen LogP contribution is 2.35. The van der Waals surface area contributed by atoms with E-state index in [4.69, 9.17) is 18.9 Å². The molecule has 9 heteroatoms. The van der Waals surface area contributed by atoms with Gasteiger partial charge in [-0.15, -0.1) is 0 Å². The number of ketones is 1. The minimum absolute atomic E-state index is 0.128. The van der Waals surface area contributed by atoms with Crippen LogP contribution in [-0.4, -0.2) is 36.5 Å². The molecule has 0 saturated heterocycles. The first kappa shape index (κ1) is 22.9. The largest absolute Gasteiger partial charge is 0.489 e. The molecule has 2 aromatic carbocycles. The van der Waals surface area contributed by atoms with Crippen LogP contribution in [0.1, 0.15) is 44.6 Å². The Morgan fingerprint density at radius 3 is 2.65 bits per heavy atom.